The minimum absolute atomic E-state index is 0.0216. The number of hydrazine groups is 1. The van der Waals surface area contributed by atoms with Gasteiger partial charge in [0.25, 0.3) is 5.91 Å². The van der Waals surface area contributed by atoms with Crippen molar-refractivity contribution in [2.75, 3.05) is 13.1 Å². The minimum atomic E-state index is -0.603. The van der Waals surface area contributed by atoms with E-state index >= 15 is 0 Å². The first-order valence-corrected chi connectivity index (χ1v) is 9.83. The van der Waals surface area contributed by atoms with Crippen LogP contribution in [-0.4, -0.2) is 44.5 Å². The number of pyridine rings is 1. The van der Waals surface area contributed by atoms with Gasteiger partial charge in [0.1, 0.15) is 17.4 Å². The summed E-state index contributed by atoms with van der Waals surface area (Å²) in [5, 5.41) is 7.18. The Hall–Kier alpha value is -3.34. The van der Waals surface area contributed by atoms with Crippen LogP contribution in [0, 0.1) is 5.82 Å². The Balaban J connectivity index is 1.50. The Bertz CT molecular complexity index is 1050. The van der Waals surface area contributed by atoms with Crippen LogP contribution in [0.5, 0.6) is 0 Å². The van der Waals surface area contributed by atoms with Crippen LogP contribution in [0.25, 0.3) is 5.52 Å². The minimum Gasteiger partial charge on any atom is -0.393 e. The molecule has 0 spiro atoms. The van der Waals surface area contributed by atoms with E-state index in [1.165, 1.54) is 28.0 Å². The van der Waals surface area contributed by atoms with Crippen molar-refractivity contribution in [2.45, 2.75) is 12.7 Å². The van der Waals surface area contributed by atoms with Gasteiger partial charge in [0, 0.05) is 31.7 Å². The molecule has 0 bridgehead atoms. The lowest BCUT2D eigenvalue weighted by Gasteiger charge is -2.28. The molecule has 11 heteroatoms. The zero-order chi connectivity index (χ0) is 22.4. The highest BCUT2D eigenvalue weighted by molar-refractivity contribution is 6.31. The lowest BCUT2D eigenvalue weighted by atomic mass is 10.3. The number of hydrogen-bond acceptors (Lipinski definition) is 7. The third-order valence-corrected chi connectivity index (χ3v) is 4.86. The average Bonchev–Trinajstić information content (AvgIpc) is 3.18. The van der Waals surface area contributed by atoms with Gasteiger partial charge in [-0.25, -0.2) is 15.2 Å². The van der Waals surface area contributed by atoms with E-state index in [0.717, 1.165) is 0 Å². The standard InChI is InChI=1S/C20H24ClFN8O/c1-2-28-8-4-3-5-17(28)25-7-10-30(24)12-15(23)20(31)26-11-16-19-18(22)14(21)6-9-29(19)13-27-16/h2-6,8-9,12-13,17,25H,1,7,10-11,23-24H2,(H,26,31)/b15-12-. The van der Waals surface area contributed by atoms with Crippen molar-refractivity contribution >= 4 is 23.0 Å². The summed E-state index contributed by atoms with van der Waals surface area (Å²) in [5.74, 6) is 4.75. The van der Waals surface area contributed by atoms with E-state index in [1.54, 1.807) is 12.4 Å². The van der Waals surface area contributed by atoms with Gasteiger partial charge >= 0.3 is 0 Å². The van der Waals surface area contributed by atoms with Gasteiger partial charge in [-0.15, -0.1) is 0 Å². The molecular weight excluding hydrogens is 423 g/mol. The highest BCUT2D eigenvalue weighted by Crippen LogP contribution is 2.21. The fourth-order valence-electron chi connectivity index (χ4n) is 2.98. The average molecular weight is 447 g/mol. The number of hydrogen-bond donors (Lipinski definition) is 4. The molecule has 2 aromatic heterocycles. The number of amides is 1. The van der Waals surface area contributed by atoms with Gasteiger partial charge in [-0.2, -0.15) is 0 Å². The molecule has 2 aromatic rings. The molecule has 1 aliphatic rings. The Morgan fingerprint density at radius 1 is 1.45 bits per heavy atom. The summed E-state index contributed by atoms with van der Waals surface area (Å²) in [6.45, 7) is 4.68. The molecule has 0 radical (unpaired) electrons. The van der Waals surface area contributed by atoms with Crippen LogP contribution in [-0.2, 0) is 11.3 Å². The van der Waals surface area contributed by atoms with Gasteiger partial charge in [0.2, 0.25) is 0 Å². The largest absolute Gasteiger partial charge is 0.393 e. The zero-order valence-corrected chi connectivity index (χ0v) is 17.5. The van der Waals surface area contributed by atoms with Crippen molar-refractivity contribution < 1.29 is 9.18 Å². The number of rotatable bonds is 9. The molecule has 3 rings (SSSR count). The number of allylic oxidation sites excluding steroid dienone is 2. The third kappa shape index (κ3) is 5.43. The molecule has 1 atom stereocenters. The molecule has 0 saturated heterocycles. The van der Waals surface area contributed by atoms with Gasteiger partial charge in [0.15, 0.2) is 5.82 Å². The van der Waals surface area contributed by atoms with Crippen LogP contribution in [0.3, 0.4) is 0 Å². The van der Waals surface area contributed by atoms with Crippen molar-refractivity contribution in [2.24, 2.45) is 11.6 Å². The molecule has 0 aliphatic carbocycles. The fourth-order valence-corrected chi connectivity index (χ4v) is 3.13. The summed E-state index contributed by atoms with van der Waals surface area (Å²) < 4.78 is 15.7. The number of carbonyl (C=O) groups excluding carboxylic acids is 1. The second-order valence-electron chi connectivity index (χ2n) is 6.68. The number of carbonyl (C=O) groups is 1. The lowest BCUT2D eigenvalue weighted by molar-refractivity contribution is -0.117. The topological polar surface area (TPSA) is 117 Å². The second-order valence-corrected chi connectivity index (χ2v) is 7.09. The molecular formula is C20H24ClFN8O. The highest BCUT2D eigenvalue weighted by atomic mass is 35.5. The summed E-state index contributed by atoms with van der Waals surface area (Å²) in [6, 6.07) is 1.43. The first-order chi connectivity index (χ1) is 14.9. The monoisotopic (exact) mass is 446 g/mol. The van der Waals surface area contributed by atoms with Crippen LogP contribution >= 0.6 is 11.6 Å². The SMILES string of the molecule is C=CN1C=CC=CC1NCCN(N)/C=C(\N)C(=O)NCc1ncn2ccc(Cl)c(F)c12. The van der Waals surface area contributed by atoms with E-state index in [1.807, 2.05) is 29.3 Å². The van der Waals surface area contributed by atoms with Crippen LogP contribution in [0.4, 0.5) is 4.39 Å². The summed E-state index contributed by atoms with van der Waals surface area (Å²) in [5.41, 5.74) is 6.27. The predicted octanol–water partition coefficient (Wildman–Crippen LogP) is 1.16. The van der Waals surface area contributed by atoms with Crippen LogP contribution in [0.1, 0.15) is 5.69 Å². The Labute approximate surface area is 184 Å². The molecule has 31 heavy (non-hydrogen) atoms. The smallest absolute Gasteiger partial charge is 0.269 e. The summed E-state index contributed by atoms with van der Waals surface area (Å²) in [6.07, 6.45) is 13.8. The van der Waals surface area contributed by atoms with Crippen LogP contribution in [0.15, 0.2) is 67.7 Å². The van der Waals surface area contributed by atoms with E-state index in [9.17, 15) is 9.18 Å². The van der Waals surface area contributed by atoms with Gasteiger partial charge in [-0.05, 0) is 24.4 Å². The molecule has 0 saturated carbocycles. The van der Waals surface area contributed by atoms with E-state index in [-0.39, 0.29) is 28.9 Å². The number of nitrogens with two attached hydrogens (primary N) is 2. The van der Waals surface area contributed by atoms with Crippen molar-refractivity contribution in [3.05, 3.63) is 84.2 Å². The van der Waals surface area contributed by atoms with Gasteiger partial charge in [-0.3, -0.25) is 10.1 Å². The molecule has 0 fully saturated rings. The molecule has 9 nitrogen and oxygen atoms in total. The normalized spacial score (nSPS) is 16.0. The van der Waals surface area contributed by atoms with Crippen LogP contribution < -0.4 is 22.2 Å². The molecule has 3 heterocycles. The number of imidazole rings is 1. The summed E-state index contributed by atoms with van der Waals surface area (Å²) in [7, 11) is 0. The lowest BCUT2D eigenvalue weighted by Crippen LogP contribution is -2.44. The van der Waals surface area contributed by atoms with E-state index in [4.69, 9.17) is 23.2 Å². The Morgan fingerprint density at radius 2 is 2.26 bits per heavy atom. The van der Waals surface area contributed by atoms with E-state index in [0.29, 0.717) is 18.8 Å². The number of halogens is 2. The maximum Gasteiger partial charge on any atom is 0.269 e. The van der Waals surface area contributed by atoms with Gasteiger partial charge in [-0.1, -0.05) is 24.3 Å². The van der Waals surface area contributed by atoms with Gasteiger partial charge < -0.3 is 25.4 Å². The maximum absolute atomic E-state index is 14.3. The predicted molar refractivity (Wildman–Crippen MR) is 117 cm³/mol. The quantitative estimate of drug-likeness (QED) is 0.259. The molecule has 6 N–H and O–H groups in total. The summed E-state index contributed by atoms with van der Waals surface area (Å²) >= 11 is 5.82. The molecule has 1 aliphatic heterocycles. The molecule has 0 aromatic carbocycles. The maximum atomic E-state index is 14.3. The molecule has 164 valence electrons. The van der Waals surface area contributed by atoms with Crippen molar-refractivity contribution in [3.8, 4) is 0 Å². The van der Waals surface area contributed by atoms with Gasteiger partial charge in [0.05, 0.1) is 23.6 Å². The van der Waals surface area contributed by atoms with Crippen molar-refractivity contribution in [3.63, 3.8) is 0 Å². The van der Waals surface area contributed by atoms with E-state index < -0.39 is 11.7 Å². The molecule has 1 unspecified atom stereocenters. The third-order valence-electron chi connectivity index (χ3n) is 4.57. The highest BCUT2D eigenvalue weighted by Gasteiger charge is 2.15. The number of nitrogens with one attached hydrogen (secondary N) is 2. The second kappa shape index (κ2) is 10.1. The van der Waals surface area contributed by atoms with E-state index in [2.05, 4.69) is 22.2 Å². The molecule has 1 amide bonds. The number of fused-ring (bicyclic) bond motifs is 1. The first kappa shape index (κ1) is 22.3. The Morgan fingerprint density at radius 3 is 3.03 bits per heavy atom. The van der Waals surface area contributed by atoms with Crippen molar-refractivity contribution in [1.29, 1.82) is 0 Å². The Kier molecular flexibility index (Phi) is 7.29. The van der Waals surface area contributed by atoms with Crippen molar-refractivity contribution in [1.82, 2.24) is 29.9 Å². The fraction of sp³-hybridized carbons (Fsp3) is 0.200. The first-order valence-electron chi connectivity index (χ1n) is 9.45. The number of aromatic nitrogens is 2. The summed E-state index contributed by atoms with van der Waals surface area (Å²) in [4.78, 5) is 18.3. The number of nitrogens with zero attached hydrogens (tertiary/aromatic N) is 4. The van der Waals surface area contributed by atoms with Crippen LogP contribution in [0.2, 0.25) is 5.02 Å². The zero-order valence-electron chi connectivity index (χ0n) is 16.7.